The summed E-state index contributed by atoms with van der Waals surface area (Å²) in [5.74, 6) is 0.352. The third-order valence-corrected chi connectivity index (χ3v) is 2.90. The highest BCUT2D eigenvalue weighted by atomic mass is 127. The fourth-order valence-corrected chi connectivity index (χ4v) is 1.96. The first-order chi connectivity index (χ1) is 7.85. The van der Waals surface area contributed by atoms with Crippen molar-refractivity contribution < 1.29 is 23.0 Å². The third-order valence-electron chi connectivity index (χ3n) is 2.00. The average Bonchev–Trinajstić information content (AvgIpc) is 2.25. The number of alkyl halides is 3. The molecule has 0 spiro atoms. The van der Waals surface area contributed by atoms with E-state index in [0.717, 1.165) is 0 Å². The molecule has 0 saturated heterocycles. The molecule has 1 aromatic rings. The van der Waals surface area contributed by atoms with Gasteiger partial charge in [0.25, 0.3) is 0 Å². The summed E-state index contributed by atoms with van der Waals surface area (Å²) in [4.78, 5) is 0. The Morgan fingerprint density at radius 3 is 2.53 bits per heavy atom. The summed E-state index contributed by atoms with van der Waals surface area (Å²) in [5.41, 5.74) is 0.305. The molecule has 2 nitrogen and oxygen atoms in total. The molecule has 1 rings (SSSR count). The van der Waals surface area contributed by atoms with Crippen molar-refractivity contribution in [3.8, 4) is 5.75 Å². The van der Waals surface area contributed by atoms with E-state index in [1.54, 1.807) is 18.2 Å². The number of rotatable bonds is 3. The van der Waals surface area contributed by atoms with E-state index in [-0.39, 0.29) is 9.66 Å². The molecule has 0 heterocycles. The number of aliphatic hydroxyl groups excluding tert-OH is 1. The number of benzene rings is 1. The fraction of sp³-hybridized carbons (Fsp3) is 0.273. The quantitative estimate of drug-likeness (QED) is 0.837. The van der Waals surface area contributed by atoms with Crippen LogP contribution in [-0.2, 0) is 0 Å². The van der Waals surface area contributed by atoms with E-state index < -0.39 is 12.3 Å². The lowest BCUT2D eigenvalue weighted by Gasteiger charge is -2.14. The van der Waals surface area contributed by atoms with Gasteiger partial charge >= 0.3 is 6.18 Å². The van der Waals surface area contributed by atoms with Gasteiger partial charge in [-0.3, -0.25) is 0 Å². The minimum Gasteiger partial charge on any atom is -0.496 e. The molecule has 0 aromatic heterocycles. The number of halogens is 4. The Hall–Kier alpha value is -0.760. The molecule has 0 aliphatic rings. The van der Waals surface area contributed by atoms with Crippen molar-refractivity contribution in [1.29, 1.82) is 0 Å². The Labute approximate surface area is 110 Å². The molecule has 17 heavy (non-hydrogen) atoms. The maximum absolute atomic E-state index is 12.1. The Kier molecular flexibility index (Phi) is 4.81. The summed E-state index contributed by atoms with van der Waals surface area (Å²) in [6.45, 7) is 0. The Balaban J connectivity index is 3.04. The summed E-state index contributed by atoms with van der Waals surface area (Å²) < 4.78 is 41.2. The van der Waals surface area contributed by atoms with E-state index in [0.29, 0.717) is 11.3 Å². The van der Waals surface area contributed by atoms with Crippen LogP contribution in [0, 0.1) is 0 Å². The largest absolute Gasteiger partial charge is 0.496 e. The van der Waals surface area contributed by atoms with Gasteiger partial charge in [-0.2, -0.15) is 13.2 Å². The molecular formula is C11H10F3IO2. The average molecular weight is 358 g/mol. The van der Waals surface area contributed by atoms with Crippen LogP contribution in [0.4, 0.5) is 13.2 Å². The molecule has 0 amide bonds. The van der Waals surface area contributed by atoms with Gasteiger partial charge in [-0.25, -0.2) is 0 Å². The van der Waals surface area contributed by atoms with Crippen molar-refractivity contribution in [2.24, 2.45) is 0 Å². The first-order valence-corrected chi connectivity index (χ1v) is 5.69. The van der Waals surface area contributed by atoms with Gasteiger partial charge < -0.3 is 9.84 Å². The van der Waals surface area contributed by atoms with Crippen LogP contribution >= 0.6 is 22.6 Å². The SMILES string of the molecule is COc1ccccc1C(O)/C(I)=C/C(F)(F)F. The molecule has 0 saturated carbocycles. The second-order valence-electron chi connectivity index (χ2n) is 3.22. The van der Waals surface area contributed by atoms with E-state index in [2.05, 4.69) is 0 Å². The van der Waals surface area contributed by atoms with Gasteiger partial charge in [-0.15, -0.1) is 0 Å². The zero-order valence-corrected chi connectivity index (χ0v) is 11.0. The molecule has 0 bridgehead atoms. The number of aliphatic hydroxyl groups is 1. The maximum Gasteiger partial charge on any atom is 0.410 e. The van der Waals surface area contributed by atoms with Gasteiger partial charge in [0.1, 0.15) is 11.9 Å². The van der Waals surface area contributed by atoms with Crippen molar-refractivity contribution in [3.63, 3.8) is 0 Å². The highest BCUT2D eigenvalue weighted by Gasteiger charge is 2.27. The Morgan fingerprint density at radius 2 is 2.00 bits per heavy atom. The number of hydrogen-bond acceptors (Lipinski definition) is 2. The number of allylic oxidation sites excluding steroid dienone is 1. The van der Waals surface area contributed by atoms with Crippen molar-refractivity contribution in [1.82, 2.24) is 0 Å². The van der Waals surface area contributed by atoms with Crippen LogP contribution in [0.5, 0.6) is 5.75 Å². The lowest BCUT2D eigenvalue weighted by molar-refractivity contribution is -0.0807. The second kappa shape index (κ2) is 5.72. The summed E-state index contributed by atoms with van der Waals surface area (Å²) in [6, 6.07) is 6.40. The minimum absolute atomic E-state index is 0.0741. The summed E-state index contributed by atoms with van der Waals surface area (Å²) >= 11 is 1.46. The van der Waals surface area contributed by atoms with Crippen LogP contribution in [0.3, 0.4) is 0 Å². The van der Waals surface area contributed by atoms with Gasteiger partial charge in [-0.1, -0.05) is 18.2 Å². The smallest absolute Gasteiger partial charge is 0.410 e. The predicted octanol–water partition coefficient (Wildman–Crippen LogP) is 3.61. The highest BCUT2D eigenvalue weighted by Crippen LogP contribution is 2.35. The van der Waals surface area contributed by atoms with Crippen LogP contribution in [0.2, 0.25) is 0 Å². The van der Waals surface area contributed by atoms with Gasteiger partial charge in [-0.05, 0) is 28.7 Å². The van der Waals surface area contributed by atoms with Gasteiger partial charge in [0.2, 0.25) is 0 Å². The normalized spacial score (nSPS) is 14.6. The Bertz CT molecular complexity index is 415. The summed E-state index contributed by atoms with van der Waals surface area (Å²) in [6.07, 6.45) is -5.71. The molecule has 1 aromatic carbocycles. The first kappa shape index (κ1) is 14.3. The molecule has 6 heteroatoms. The van der Waals surface area contributed by atoms with E-state index in [9.17, 15) is 18.3 Å². The fourth-order valence-electron chi connectivity index (χ4n) is 1.28. The van der Waals surface area contributed by atoms with E-state index in [1.807, 2.05) is 0 Å². The summed E-state index contributed by atoms with van der Waals surface area (Å²) in [7, 11) is 1.39. The maximum atomic E-state index is 12.1. The van der Waals surface area contributed by atoms with Crippen LogP contribution < -0.4 is 4.74 Å². The molecule has 1 atom stereocenters. The highest BCUT2D eigenvalue weighted by molar-refractivity contribution is 14.1. The summed E-state index contributed by atoms with van der Waals surface area (Å²) in [5, 5.41) is 9.81. The van der Waals surface area contributed by atoms with Crippen molar-refractivity contribution >= 4 is 22.6 Å². The van der Waals surface area contributed by atoms with Crippen LogP contribution in [0.15, 0.2) is 33.9 Å². The second-order valence-corrected chi connectivity index (χ2v) is 4.46. The van der Waals surface area contributed by atoms with Crippen LogP contribution in [0.1, 0.15) is 11.7 Å². The van der Waals surface area contributed by atoms with Gasteiger partial charge in [0.05, 0.1) is 7.11 Å². The first-order valence-electron chi connectivity index (χ1n) is 4.61. The zero-order valence-electron chi connectivity index (χ0n) is 8.83. The number of ether oxygens (including phenoxy) is 1. The van der Waals surface area contributed by atoms with Crippen molar-refractivity contribution in [3.05, 3.63) is 39.5 Å². The number of methoxy groups -OCH3 is 1. The molecule has 1 N–H and O–H groups in total. The predicted molar refractivity (Wildman–Crippen MR) is 66.1 cm³/mol. The van der Waals surface area contributed by atoms with Crippen LogP contribution in [0.25, 0.3) is 0 Å². The number of para-hydroxylation sites is 1. The topological polar surface area (TPSA) is 29.5 Å². The monoisotopic (exact) mass is 358 g/mol. The van der Waals surface area contributed by atoms with E-state index in [4.69, 9.17) is 4.74 Å². The molecule has 0 radical (unpaired) electrons. The molecule has 0 aliphatic carbocycles. The van der Waals surface area contributed by atoms with Crippen molar-refractivity contribution in [2.45, 2.75) is 12.3 Å². The standard InChI is InChI=1S/C11H10F3IO2/c1-17-9-5-3-2-4-7(9)10(16)8(15)6-11(12,13)14/h2-6,10,16H,1H3/b8-6-. The molecule has 0 fully saturated rings. The van der Waals surface area contributed by atoms with Crippen molar-refractivity contribution in [2.75, 3.05) is 7.11 Å². The van der Waals surface area contributed by atoms with E-state index in [1.165, 1.54) is 35.8 Å². The van der Waals surface area contributed by atoms with E-state index >= 15 is 0 Å². The van der Waals surface area contributed by atoms with Gasteiger partial charge in [0, 0.05) is 15.2 Å². The zero-order chi connectivity index (χ0) is 13.1. The molecular weight excluding hydrogens is 348 g/mol. The van der Waals surface area contributed by atoms with Crippen LogP contribution in [-0.4, -0.2) is 18.4 Å². The lowest BCUT2D eigenvalue weighted by atomic mass is 10.1. The number of hydrogen-bond donors (Lipinski definition) is 1. The minimum atomic E-state index is -4.44. The molecule has 94 valence electrons. The lowest BCUT2D eigenvalue weighted by Crippen LogP contribution is -2.06. The third kappa shape index (κ3) is 4.19. The van der Waals surface area contributed by atoms with Gasteiger partial charge in [0.15, 0.2) is 0 Å². The molecule has 0 aliphatic heterocycles. The molecule has 1 unspecified atom stereocenters. The Morgan fingerprint density at radius 1 is 1.41 bits per heavy atom.